The second-order valence-corrected chi connectivity index (χ2v) is 3.08. The summed E-state index contributed by atoms with van der Waals surface area (Å²) in [4.78, 5) is 43.1. The number of hydrogen-bond donors (Lipinski definition) is 6. The van der Waals surface area contributed by atoms with E-state index in [0.717, 1.165) is 0 Å². The molecule has 0 aromatic rings. The van der Waals surface area contributed by atoms with Crippen LogP contribution < -0.4 is 0 Å². The van der Waals surface area contributed by atoms with Gasteiger partial charge in [0.05, 0.1) is 0 Å². The minimum Gasteiger partial charge on any atom is -0.303 e. The van der Waals surface area contributed by atoms with Crippen molar-refractivity contribution >= 4 is 170 Å². The van der Waals surface area contributed by atoms with E-state index < -0.39 is 15.6 Å². The van der Waals surface area contributed by atoms with E-state index in [2.05, 4.69) is 0 Å². The van der Waals surface area contributed by atoms with Crippen LogP contribution in [0.5, 0.6) is 0 Å². The predicted molar refractivity (Wildman–Crippen MR) is 45.8 cm³/mol. The largest absolute Gasteiger partial charge is 0.466 e. The van der Waals surface area contributed by atoms with Gasteiger partial charge in [-0.05, 0) is 0 Å². The molecule has 0 fully saturated rings. The van der Waals surface area contributed by atoms with E-state index >= 15 is 0 Å². The fourth-order valence-electron chi connectivity index (χ4n) is 0. The molecule has 0 bridgehead atoms. The summed E-state index contributed by atoms with van der Waals surface area (Å²) in [5, 5.41) is 0. The van der Waals surface area contributed by atoms with Crippen molar-refractivity contribution in [2.45, 2.75) is 0 Å². The van der Waals surface area contributed by atoms with Crippen LogP contribution in [0.2, 0.25) is 0 Å². The van der Waals surface area contributed by atoms with Gasteiger partial charge in [-0.3, -0.25) is 0 Å². The molecule has 0 rings (SSSR count). The van der Waals surface area contributed by atoms with E-state index in [4.69, 9.17) is 38.5 Å². The molecule has 6 N–H and O–H groups in total. The molecule has 0 atom stereocenters. The molecular weight excluding hydrogens is 447 g/mol. The topological polar surface area (TPSA) is 156 Å². The molecule has 0 spiro atoms. The molecule has 0 aliphatic heterocycles. The summed E-state index contributed by atoms with van der Waals surface area (Å²) in [5.74, 6) is 0. The molecule has 0 unspecified atom stereocenters. The maximum absolute atomic E-state index is 8.88. The Kier molecular flexibility index (Phi) is 51.7. The molecule has 14 heavy (non-hydrogen) atoms. The Hall–Kier alpha value is 6.51. The van der Waals surface area contributed by atoms with Crippen molar-refractivity contribution in [2.75, 3.05) is 0 Å². The average Bonchev–Trinajstić information content (AvgIpc) is 1.12. The molecular formula is H6CeK3O8P2. The van der Waals surface area contributed by atoms with Crippen molar-refractivity contribution in [3.05, 3.63) is 0 Å². The first-order valence-electron chi connectivity index (χ1n) is 1.57. The first-order chi connectivity index (χ1) is 4.00. The van der Waals surface area contributed by atoms with E-state index in [9.17, 15) is 0 Å². The van der Waals surface area contributed by atoms with E-state index in [1.165, 1.54) is 0 Å². The van der Waals surface area contributed by atoms with E-state index in [0.29, 0.717) is 0 Å². The molecule has 3 radical (unpaired) electrons. The molecule has 0 aliphatic carbocycles. The van der Waals surface area contributed by atoms with Crippen LogP contribution in [0.3, 0.4) is 0 Å². The zero-order valence-electron chi connectivity index (χ0n) is 7.89. The standard InChI is InChI=1S/Ce.3K.2H3O4P/c;;;;2*1-5(2,3)4/h;;;;2*(H3,1,2,3,4). The number of rotatable bonds is 0. The Morgan fingerprint density at radius 2 is 0.571 bits per heavy atom. The zero-order chi connectivity index (χ0) is 9.00. The fraction of sp³-hybridized carbons (Fsp3) is 0. The number of hydrogen-bond acceptors (Lipinski definition) is 2. The second-order valence-electron chi connectivity index (χ2n) is 1.03. The van der Waals surface area contributed by atoms with Crippen LogP contribution in [-0.4, -0.2) is 184 Å². The van der Waals surface area contributed by atoms with Crippen LogP contribution in [0.1, 0.15) is 0 Å². The molecule has 0 saturated carbocycles. The Bertz CT molecular complexity index is 135. The quantitative estimate of drug-likeness (QED) is 0.168. The fourth-order valence-corrected chi connectivity index (χ4v) is 0. The summed E-state index contributed by atoms with van der Waals surface area (Å²) < 4.78 is 17.8. The van der Waals surface area contributed by atoms with Crippen LogP contribution >= 0.6 is 15.6 Å². The molecule has 14 heteroatoms. The SMILES string of the molecule is O=P(O)(O)O.O=P(O)(O)O.[Ce].[K].[K].[K]. The van der Waals surface area contributed by atoms with Crippen molar-refractivity contribution in [3.63, 3.8) is 0 Å². The predicted octanol–water partition coefficient (Wildman–Crippen LogP) is -3.00. The van der Waals surface area contributed by atoms with Crippen molar-refractivity contribution in [3.8, 4) is 0 Å². The molecule has 0 aromatic heterocycles. The van der Waals surface area contributed by atoms with Crippen molar-refractivity contribution in [1.29, 1.82) is 0 Å². The van der Waals surface area contributed by atoms with Crippen LogP contribution in [0.15, 0.2) is 0 Å². The summed E-state index contributed by atoms with van der Waals surface area (Å²) in [6.45, 7) is 0. The van der Waals surface area contributed by atoms with Crippen molar-refractivity contribution < 1.29 is 80.2 Å². The molecule has 0 aliphatic rings. The Morgan fingerprint density at radius 1 is 0.571 bits per heavy atom. The smallest absolute Gasteiger partial charge is 0.303 e. The Labute approximate surface area is 242 Å². The van der Waals surface area contributed by atoms with E-state index in [1.807, 2.05) is 0 Å². The third-order valence-corrected chi connectivity index (χ3v) is 0. The van der Waals surface area contributed by atoms with Crippen molar-refractivity contribution in [1.82, 2.24) is 0 Å². The van der Waals surface area contributed by atoms with Gasteiger partial charge < -0.3 is 29.4 Å². The second kappa shape index (κ2) is 19.5. The minimum atomic E-state index is -4.64. The van der Waals surface area contributed by atoms with Gasteiger partial charge in [-0.1, -0.05) is 0 Å². The van der Waals surface area contributed by atoms with Gasteiger partial charge in [0.15, 0.2) is 0 Å². The van der Waals surface area contributed by atoms with Crippen LogP contribution in [0.4, 0.5) is 0 Å². The first kappa shape index (κ1) is 37.1. The van der Waals surface area contributed by atoms with Crippen LogP contribution in [0.25, 0.3) is 0 Å². The summed E-state index contributed by atoms with van der Waals surface area (Å²) in [6, 6.07) is 0. The van der Waals surface area contributed by atoms with Gasteiger partial charge in [-0.15, -0.1) is 0 Å². The van der Waals surface area contributed by atoms with Gasteiger partial charge >= 0.3 is 15.6 Å². The van der Waals surface area contributed by atoms with Gasteiger partial charge in [0.1, 0.15) is 0 Å². The van der Waals surface area contributed by atoms with Gasteiger partial charge in [-0.25, -0.2) is 9.13 Å². The third-order valence-electron chi connectivity index (χ3n) is 0. The van der Waals surface area contributed by atoms with Crippen LogP contribution in [-0.2, 0) is 9.13 Å². The normalized spacial score (nSPS) is 8.43. The molecule has 0 saturated heterocycles. The van der Waals surface area contributed by atoms with Gasteiger partial charge in [0, 0.05) is 196 Å². The average molecular weight is 453 g/mol. The number of phosphoric acid groups is 2. The Balaban J connectivity index is -0.0000000178. The maximum Gasteiger partial charge on any atom is 0.466 e. The van der Waals surface area contributed by atoms with E-state index in [1.54, 1.807) is 0 Å². The molecule has 0 heterocycles. The van der Waals surface area contributed by atoms with Gasteiger partial charge in [0.25, 0.3) is 0 Å². The van der Waals surface area contributed by atoms with Crippen LogP contribution in [0, 0.1) is 41.7 Å². The summed E-state index contributed by atoms with van der Waals surface area (Å²) in [5.41, 5.74) is 0. The Morgan fingerprint density at radius 3 is 0.571 bits per heavy atom. The molecule has 0 aromatic carbocycles. The zero-order valence-corrected chi connectivity index (χ0v) is 22.2. The van der Waals surface area contributed by atoms with Gasteiger partial charge in [-0.2, -0.15) is 0 Å². The summed E-state index contributed by atoms with van der Waals surface area (Å²) >= 11 is 0. The summed E-state index contributed by atoms with van der Waals surface area (Å²) in [6.07, 6.45) is 0. The van der Waals surface area contributed by atoms with Gasteiger partial charge in [0.2, 0.25) is 0 Å². The molecule has 71 valence electrons. The molecule has 8 nitrogen and oxygen atoms in total. The van der Waals surface area contributed by atoms with Crippen molar-refractivity contribution in [2.24, 2.45) is 0 Å². The first-order valence-corrected chi connectivity index (χ1v) is 4.70. The minimum absolute atomic E-state index is 0. The monoisotopic (exact) mass is 453 g/mol. The van der Waals surface area contributed by atoms with E-state index in [-0.39, 0.29) is 196 Å². The maximum atomic E-state index is 8.88. The third kappa shape index (κ3) is 134. The summed E-state index contributed by atoms with van der Waals surface area (Å²) in [7, 11) is -9.28. The molecule has 0 amide bonds.